The smallest absolute Gasteiger partial charge is 0.0821 e. The zero-order valence-corrected chi connectivity index (χ0v) is 27.2. The molecular formula is C37H64O. The maximum absolute atomic E-state index is 11.5. The van der Waals surface area contributed by atoms with Crippen molar-refractivity contribution in [3.63, 3.8) is 0 Å². The van der Waals surface area contributed by atoms with Crippen LogP contribution < -0.4 is 0 Å². The number of allylic oxidation sites excluding steroid dienone is 8. The fourth-order valence-electron chi connectivity index (χ4n) is 6.16. The molecule has 1 aliphatic carbocycles. The summed E-state index contributed by atoms with van der Waals surface area (Å²) in [6.45, 7) is 23.0. The van der Waals surface area contributed by atoms with Crippen LogP contribution in [0, 0.1) is 11.3 Å². The Balaban J connectivity index is 2.76. The van der Waals surface area contributed by atoms with Gasteiger partial charge in [0.2, 0.25) is 0 Å². The van der Waals surface area contributed by atoms with E-state index in [-0.39, 0.29) is 6.10 Å². The Kier molecular flexibility index (Phi) is 16.5. The van der Waals surface area contributed by atoms with Crippen LogP contribution in [0.5, 0.6) is 0 Å². The Labute approximate surface area is 238 Å². The topological polar surface area (TPSA) is 20.2 Å². The number of rotatable bonds is 18. The Morgan fingerprint density at radius 3 is 1.84 bits per heavy atom. The third-order valence-electron chi connectivity index (χ3n) is 8.63. The predicted molar refractivity (Wildman–Crippen MR) is 172 cm³/mol. The summed E-state index contributed by atoms with van der Waals surface area (Å²) >= 11 is 0. The Morgan fingerprint density at radius 2 is 1.29 bits per heavy atom. The number of aliphatic hydroxyl groups is 1. The molecule has 1 aliphatic rings. The van der Waals surface area contributed by atoms with Gasteiger partial charge in [0.25, 0.3) is 0 Å². The third kappa shape index (κ3) is 12.2. The molecule has 0 radical (unpaired) electrons. The van der Waals surface area contributed by atoms with Gasteiger partial charge in [-0.1, -0.05) is 94.4 Å². The Morgan fingerprint density at radius 1 is 0.737 bits per heavy atom. The fourth-order valence-corrected chi connectivity index (χ4v) is 6.16. The lowest BCUT2D eigenvalue weighted by Gasteiger charge is -2.37. The van der Waals surface area contributed by atoms with E-state index >= 15 is 0 Å². The number of hydrogen-bond donors (Lipinski definition) is 1. The molecule has 1 N–H and O–H groups in total. The molecule has 0 aromatic heterocycles. The van der Waals surface area contributed by atoms with Crippen molar-refractivity contribution in [2.24, 2.45) is 11.3 Å². The van der Waals surface area contributed by atoms with Gasteiger partial charge in [-0.25, -0.2) is 0 Å². The molecule has 0 saturated carbocycles. The molecule has 0 aromatic rings. The van der Waals surface area contributed by atoms with Gasteiger partial charge in [-0.3, -0.25) is 0 Å². The summed E-state index contributed by atoms with van der Waals surface area (Å²) < 4.78 is 0. The standard InChI is InChI=1S/C37H64O/c1-11-17-32-31(8)33(35(19-13-3)36(38)34(32)18-12-2)25-27-37(9,10)26-16-24-30(7)23-15-22-29(6)21-14-20-28(4)5/h20,22,24,34,36,38H,11-19,21,23,25-27H2,1-10H3/b29-22+,30-24+. The van der Waals surface area contributed by atoms with Gasteiger partial charge < -0.3 is 5.11 Å². The van der Waals surface area contributed by atoms with Crippen molar-refractivity contribution in [3.05, 3.63) is 57.2 Å². The SMILES string of the molecule is CCCC1=C(CCC(C)(C)CC/C=C(\C)CC/C=C(\C)CCC=C(C)C)C(C)=C(CCC)C(CCC)C1O. The molecule has 0 bridgehead atoms. The lowest BCUT2D eigenvalue weighted by molar-refractivity contribution is 0.142. The number of hydrogen-bond acceptors (Lipinski definition) is 1. The van der Waals surface area contributed by atoms with Crippen LogP contribution in [0.2, 0.25) is 0 Å². The van der Waals surface area contributed by atoms with Crippen LogP contribution >= 0.6 is 0 Å². The first kappa shape index (κ1) is 34.7. The first-order chi connectivity index (χ1) is 18.0. The minimum atomic E-state index is -0.270. The van der Waals surface area contributed by atoms with E-state index in [0.29, 0.717) is 11.3 Å². The monoisotopic (exact) mass is 524 g/mol. The van der Waals surface area contributed by atoms with Crippen LogP contribution in [0.3, 0.4) is 0 Å². The second-order valence-corrected chi connectivity index (χ2v) is 13.2. The summed E-state index contributed by atoms with van der Waals surface area (Å²) in [5.74, 6) is 0.336. The number of aliphatic hydroxyl groups excluding tert-OH is 1. The van der Waals surface area contributed by atoms with Gasteiger partial charge in [0.05, 0.1) is 6.10 Å². The minimum Gasteiger partial charge on any atom is -0.388 e. The van der Waals surface area contributed by atoms with Crippen molar-refractivity contribution in [2.75, 3.05) is 0 Å². The quantitative estimate of drug-likeness (QED) is 0.177. The molecule has 1 nitrogen and oxygen atoms in total. The van der Waals surface area contributed by atoms with E-state index in [4.69, 9.17) is 0 Å². The first-order valence-corrected chi connectivity index (χ1v) is 16.0. The molecule has 0 saturated heterocycles. The highest BCUT2D eigenvalue weighted by molar-refractivity contribution is 5.45. The van der Waals surface area contributed by atoms with Crippen LogP contribution in [0.15, 0.2) is 57.2 Å². The minimum absolute atomic E-state index is 0.270. The second-order valence-electron chi connectivity index (χ2n) is 13.2. The van der Waals surface area contributed by atoms with Gasteiger partial charge in [0.15, 0.2) is 0 Å². The van der Waals surface area contributed by atoms with Crippen LogP contribution in [0.25, 0.3) is 0 Å². The molecule has 0 heterocycles. The summed E-state index contributed by atoms with van der Waals surface area (Å²) in [4.78, 5) is 0. The molecule has 2 unspecified atom stereocenters. The highest BCUT2D eigenvalue weighted by Crippen LogP contribution is 2.44. The van der Waals surface area contributed by atoms with E-state index in [1.165, 1.54) is 78.4 Å². The summed E-state index contributed by atoms with van der Waals surface area (Å²) in [6, 6.07) is 0. The Hall–Kier alpha value is -1.34. The molecule has 0 spiro atoms. The van der Waals surface area contributed by atoms with E-state index in [1.54, 1.807) is 5.57 Å². The lowest BCUT2D eigenvalue weighted by Crippen LogP contribution is -2.31. The molecule has 0 aliphatic heterocycles. The molecular weight excluding hydrogens is 460 g/mol. The van der Waals surface area contributed by atoms with Crippen molar-refractivity contribution in [1.29, 1.82) is 0 Å². The van der Waals surface area contributed by atoms with E-state index in [1.807, 2.05) is 0 Å². The van der Waals surface area contributed by atoms with E-state index in [2.05, 4.69) is 87.5 Å². The van der Waals surface area contributed by atoms with Gasteiger partial charge in [0.1, 0.15) is 0 Å². The van der Waals surface area contributed by atoms with Crippen molar-refractivity contribution in [3.8, 4) is 0 Å². The molecule has 1 rings (SSSR count). The molecule has 218 valence electrons. The average molecular weight is 525 g/mol. The van der Waals surface area contributed by atoms with Gasteiger partial charge in [-0.05, 0) is 127 Å². The summed E-state index contributed by atoms with van der Waals surface area (Å²) in [5, 5.41) is 11.5. The molecule has 1 heteroatoms. The summed E-state index contributed by atoms with van der Waals surface area (Å²) in [5.41, 5.74) is 10.7. The van der Waals surface area contributed by atoms with Crippen LogP contribution in [0.1, 0.15) is 159 Å². The van der Waals surface area contributed by atoms with Crippen molar-refractivity contribution in [2.45, 2.75) is 165 Å². The van der Waals surface area contributed by atoms with Crippen molar-refractivity contribution >= 4 is 0 Å². The summed E-state index contributed by atoms with van der Waals surface area (Å²) in [7, 11) is 0. The predicted octanol–water partition coefficient (Wildman–Crippen LogP) is 12.0. The normalized spacial score (nSPS) is 19.4. The van der Waals surface area contributed by atoms with E-state index in [0.717, 1.165) is 44.9 Å². The van der Waals surface area contributed by atoms with Gasteiger partial charge in [-0.2, -0.15) is 0 Å². The second kappa shape index (κ2) is 18.1. The Bertz CT molecular complexity index is 853. The zero-order valence-electron chi connectivity index (χ0n) is 27.2. The fraction of sp³-hybridized carbons (Fsp3) is 0.730. The molecule has 2 atom stereocenters. The van der Waals surface area contributed by atoms with E-state index in [9.17, 15) is 5.11 Å². The third-order valence-corrected chi connectivity index (χ3v) is 8.63. The maximum atomic E-state index is 11.5. The van der Waals surface area contributed by atoms with E-state index < -0.39 is 0 Å². The lowest BCUT2D eigenvalue weighted by atomic mass is 9.70. The van der Waals surface area contributed by atoms with Gasteiger partial charge in [-0.15, -0.1) is 0 Å². The molecule has 0 amide bonds. The van der Waals surface area contributed by atoms with Crippen LogP contribution in [0.4, 0.5) is 0 Å². The van der Waals surface area contributed by atoms with Crippen LogP contribution in [-0.4, -0.2) is 11.2 Å². The highest BCUT2D eigenvalue weighted by atomic mass is 16.3. The van der Waals surface area contributed by atoms with Crippen molar-refractivity contribution in [1.82, 2.24) is 0 Å². The zero-order chi connectivity index (χ0) is 28.7. The van der Waals surface area contributed by atoms with Gasteiger partial charge >= 0.3 is 0 Å². The average Bonchev–Trinajstić information content (AvgIpc) is 2.84. The van der Waals surface area contributed by atoms with Crippen molar-refractivity contribution < 1.29 is 5.11 Å². The summed E-state index contributed by atoms with van der Waals surface area (Å²) in [6.07, 6.45) is 23.1. The molecule has 38 heavy (non-hydrogen) atoms. The maximum Gasteiger partial charge on any atom is 0.0821 e. The molecule has 0 aromatic carbocycles. The molecule has 0 fully saturated rings. The van der Waals surface area contributed by atoms with Gasteiger partial charge in [0, 0.05) is 5.92 Å². The largest absolute Gasteiger partial charge is 0.388 e. The van der Waals surface area contributed by atoms with Crippen LogP contribution in [-0.2, 0) is 0 Å². The first-order valence-electron chi connectivity index (χ1n) is 16.0. The highest BCUT2D eigenvalue weighted by Gasteiger charge is 2.33.